The predicted molar refractivity (Wildman–Crippen MR) is 66.0 cm³/mol. The summed E-state index contributed by atoms with van der Waals surface area (Å²) < 4.78 is 5.12. The van der Waals surface area contributed by atoms with E-state index in [1.54, 1.807) is 24.3 Å². The number of nitrogens with one attached hydrogen (secondary N) is 1. The topological polar surface area (TPSA) is 75.6 Å². The van der Waals surface area contributed by atoms with Crippen molar-refractivity contribution in [1.82, 2.24) is 5.32 Å². The minimum absolute atomic E-state index is 0.476. The van der Waals surface area contributed by atoms with E-state index in [9.17, 15) is 9.59 Å². The van der Waals surface area contributed by atoms with E-state index in [2.05, 4.69) is 5.32 Å². The molecule has 98 valence electrons. The molecule has 1 rings (SSSR count). The number of carboxylic acid groups (broad SMARTS) is 1. The van der Waals surface area contributed by atoms with Gasteiger partial charge < -0.3 is 15.2 Å². The van der Waals surface area contributed by atoms with E-state index in [4.69, 9.17) is 9.84 Å². The molecule has 0 fully saturated rings. The van der Waals surface area contributed by atoms with Crippen LogP contribution in [0, 0.1) is 0 Å². The summed E-state index contributed by atoms with van der Waals surface area (Å²) in [7, 11) is 1.41. The Hall–Kier alpha value is -1.88. The Bertz CT molecular complexity index is 428. The number of carbonyl (C=O) groups is 2. The van der Waals surface area contributed by atoms with Gasteiger partial charge in [-0.2, -0.15) is 0 Å². The third kappa shape index (κ3) is 3.30. The molecule has 0 radical (unpaired) electrons. The van der Waals surface area contributed by atoms with Crippen LogP contribution in [0.15, 0.2) is 30.3 Å². The van der Waals surface area contributed by atoms with Gasteiger partial charge in [0.15, 0.2) is 6.10 Å². The van der Waals surface area contributed by atoms with Gasteiger partial charge in [-0.25, -0.2) is 4.79 Å². The normalized spacial score (nSPS) is 12.8. The Morgan fingerprint density at radius 2 is 1.83 bits per heavy atom. The van der Waals surface area contributed by atoms with Gasteiger partial charge in [-0.1, -0.05) is 30.3 Å². The molecule has 1 amide bonds. The van der Waals surface area contributed by atoms with Gasteiger partial charge in [0, 0.05) is 7.11 Å². The van der Waals surface area contributed by atoms with Crippen molar-refractivity contribution in [3.63, 3.8) is 0 Å². The highest BCUT2D eigenvalue weighted by atomic mass is 16.5. The minimum atomic E-state index is -1.33. The first kappa shape index (κ1) is 14.2. The maximum atomic E-state index is 12.0. The zero-order chi connectivity index (χ0) is 13.8. The summed E-state index contributed by atoms with van der Waals surface area (Å²) >= 11 is 0. The Balaban J connectivity index is 2.85. The highest BCUT2D eigenvalue weighted by Gasteiger charge is 2.32. The van der Waals surface area contributed by atoms with Crippen LogP contribution >= 0.6 is 0 Å². The first-order valence-corrected chi connectivity index (χ1v) is 5.51. The van der Waals surface area contributed by atoms with Crippen molar-refractivity contribution in [2.24, 2.45) is 0 Å². The average Bonchev–Trinajstić information content (AvgIpc) is 2.30. The molecule has 0 bridgehead atoms. The fourth-order valence-corrected chi connectivity index (χ4v) is 1.45. The molecule has 0 saturated carbocycles. The SMILES string of the molecule is COC(C(=O)NC(C)(C)C(=O)O)c1ccccc1. The Morgan fingerprint density at radius 1 is 1.28 bits per heavy atom. The van der Waals surface area contributed by atoms with Crippen LogP contribution in [0.5, 0.6) is 0 Å². The number of aliphatic carboxylic acids is 1. The van der Waals surface area contributed by atoms with Crippen molar-refractivity contribution in [1.29, 1.82) is 0 Å². The molecule has 5 nitrogen and oxygen atoms in total. The smallest absolute Gasteiger partial charge is 0.328 e. The standard InChI is InChI=1S/C13H17NO4/c1-13(2,12(16)17)14-11(15)10(18-3)9-7-5-4-6-8-9/h4-8,10H,1-3H3,(H,14,15)(H,16,17). The number of benzene rings is 1. The summed E-state index contributed by atoms with van der Waals surface area (Å²) in [5, 5.41) is 11.4. The molecular weight excluding hydrogens is 234 g/mol. The van der Waals surface area contributed by atoms with Crippen LogP contribution < -0.4 is 5.32 Å². The molecule has 1 unspecified atom stereocenters. The zero-order valence-corrected chi connectivity index (χ0v) is 10.6. The third-order valence-corrected chi connectivity index (χ3v) is 2.55. The second-order valence-electron chi connectivity index (χ2n) is 4.45. The quantitative estimate of drug-likeness (QED) is 0.828. The number of amides is 1. The molecule has 5 heteroatoms. The lowest BCUT2D eigenvalue weighted by Gasteiger charge is -2.24. The van der Waals surface area contributed by atoms with E-state index in [0.717, 1.165) is 0 Å². The van der Waals surface area contributed by atoms with Crippen LogP contribution in [0.3, 0.4) is 0 Å². The fraction of sp³-hybridized carbons (Fsp3) is 0.385. The van der Waals surface area contributed by atoms with Gasteiger partial charge in [-0.15, -0.1) is 0 Å². The van der Waals surface area contributed by atoms with Gasteiger partial charge in [0.05, 0.1) is 0 Å². The maximum absolute atomic E-state index is 12.0. The summed E-state index contributed by atoms with van der Waals surface area (Å²) in [5.74, 6) is -1.57. The predicted octanol–water partition coefficient (Wildman–Crippen LogP) is 1.35. The van der Waals surface area contributed by atoms with E-state index < -0.39 is 23.5 Å². The van der Waals surface area contributed by atoms with Crippen LogP contribution in [-0.4, -0.2) is 29.6 Å². The average molecular weight is 251 g/mol. The highest BCUT2D eigenvalue weighted by molar-refractivity contribution is 5.89. The van der Waals surface area contributed by atoms with Gasteiger partial charge in [0.2, 0.25) is 0 Å². The number of methoxy groups -OCH3 is 1. The lowest BCUT2D eigenvalue weighted by Crippen LogP contribution is -2.51. The monoisotopic (exact) mass is 251 g/mol. The lowest BCUT2D eigenvalue weighted by atomic mass is 10.0. The Labute approximate surface area is 106 Å². The number of ether oxygens (including phenoxy) is 1. The molecule has 0 aliphatic heterocycles. The molecule has 0 aliphatic rings. The molecule has 2 N–H and O–H groups in total. The van der Waals surface area contributed by atoms with Crippen molar-refractivity contribution >= 4 is 11.9 Å². The zero-order valence-electron chi connectivity index (χ0n) is 10.6. The third-order valence-electron chi connectivity index (χ3n) is 2.55. The molecule has 1 aromatic rings. The van der Waals surface area contributed by atoms with Crippen molar-refractivity contribution in [2.75, 3.05) is 7.11 Å². The van der Waals surface area contributed by atoms with Crippen molar-refractivity contribution in [3.8, 4) is 0 Å². The summed E-state index contributed by atoms with van der Waals surface area (Å²) in [4.78, 5) is 22.9. The van der Waals surface area contributed by atoms with Crippen LogP contribution in [0.1, 0.15) is 25.5 Å². The van der Waals surface area contributed by atoms with Crippen LogP contribution in [0.2, 0.25) is 0 Å². The Kier molecular flexibility index (Phi) is 4.44. The minimum Gasteiger partial charge on any atom is -0.480 e. The fourth-order valence-electron chi connectivity index (χ4n) is 1.45. The molecule has 0 spiro atoms. The molecule has 1 aromatic carbocycles. The lowest BCUT2D eigenvalue weighted by molar-refractivity contribution is -0.148. The molecular formula is C13H17NO4. The van der Waals surface area contributed by atoms with E-state index in [0.29, 0.717) is 5.56 Å². The maximum Gasteiger partial charge on any atom is 0.328 e. The first-order valence-electron chi connectivity index (χ1n) is 5.51. The van der Waals surface area contributed by atoms with Gasteiger partial charge in [-0.3, -0.25) is 4.79 Å². The number of carboxylic acids is 1. The molecule has 0 heterocycles. The van der Waals surface area contributed by atoms with Crippen LogP contribution in [0.25, 0.3) is 0 Å². The second-order valence-corrected chi connectivity index (χ2v) is 4.45. The summed E-state index contributed by atoms with van der Waals surface area (Å²) in [6, 6.07) is 8.91. The summed E-state index contributed by atoms with van der Waals surface area (Å²) in [5.41, 5.74) is -0.651. The van der Waals surface area contributed by atoms with E-state index in [1.165, 1.54) is 21.0 Å². The molecule has 0 aliphatic carbocycles. The van der Waals surface area contributed by atoms with E-state index in [1.807, 2.05) is 6.07 Å². The largest absolute Gasteiger partial charge is 0.480 e. The molecule has 1 atom stereocenters. The second kappa shape index (κ2) is 5.64. The highest BCUT2D eigenvalue weighted by Crippen LogP contribution is 2.17. The van der Waals surface area contributed by atoms with Crippen LogP contribution in [0.4, 0.5) is 0 Å². The van der Waals surface area contributed by atoms with Gasteiger partial charge >= 0.3 is 5.97 Å². The molecule has 18 heavy (non-hydrogen) atoms. The van der Waals surface area contributed by atoms with Gasteiger partial charge in [0.1, 0.15) is 5.54 Å². The van der Waals surface area contributed by atoms with Gasteiger partial charge in [0.25, 0.3) is 5.91 Å². The summed E-state index contributed by atoms with van der Waals surface area (Å²) in [6.07, 6.45) is -0.815. The van der Waals surface area contributed by atoms with E-state index >= 15 is 0 Å². The molecule has 0 saturated heterocycles. The number of carbonyl (C=O) groups excluding carboxylic acids is 1. The number of hydrogen-bond acceptors (Lipinski definition) is 3. The van der Waals surface area contributed by atoms with Crippen molar-refractivity contribution in [3.05, 3.63) is 35.9 Å². The van der Waals surface area contributed by atoms with Crippen molar-refractivity contribution in [2.45, 2.75) is 25.5 Å². The first-order chi connectivity index (χ1) is 8.38. The van der Waals surface area contributed by atoms with Crippen LogP contribution in [-0.2, 0) is 14.3 Å². The molecule has 0 aromatic heterocycles. The van der Waals surface area contributed by atoms with E-state index in [-0.39, 0.29) is 0 Å². The summed E-state index contributed by atoms with van der Waals surface area (Å²) in [6.45, 7) is 2.84. The van der Waals surface area contributed by atoms with Crippen molar-refractivity contribution < 1.29 is 19.4 Å². The number of hydrogen-bond donors (Lipinski definition) is 2. The van der Waals surface area contributed by atoms with Gasteiger partial charge in [-0.05, 0) is 19.4 Å². The Morgan fingerprint density at radius 3 is 2.28 bits per heavy atom. The number of rotatable bonds is 5.